The molecule has 0 amide bonds. The topological polar surface area (TPSA) is 265 Å². The van der Waals surface area contributed by atoms with Crippen LogP contribution in [0.1, 0.15) is 174 Å². The minimum atomic E-state index is -5.44. The van der Waals surface area contributed by atoms with Crippen molar-refractivity contribution in [3.63, 3.8) is 0 Å². The molecule has 6 N–H and O–H groups in total. The summed E-state index contributed by atoms with van der Waals surface area (Å²) >= 11 is 0. The minimum absolute atomic E-state index is 0.0766. The Balaban J connectivity index is 1.83. The first-order chi connectivity index (χ1) is 34.7. The summed E-state index contributed by atoms with van der Waals surface area (Å²) in [6.07, 6.45) is 41.4. The molecular weight excluding hydrogens is 969 g/mol. The molecule has 1 fully saturated rings. The van der Waals surface area contributed by atoms with E-state index in [-0.39, 0.29) is 18.7 Å². The summed E-state index contributed by atoms with van der Waals surface area (Å²) in [6.45, 7) is 1.98. The van der Waals surface area contributed by atoms with Crippen molar-refractivity contribution in [1.82, 2.24) is 9.55 Å². The summed E-state index contributed by atoms with van der Waals surface area (Å²) in [7, 11) is -10.9. The molecule has 0 saturated carbocycles. The van der Waals surface area contributed by atoms with Crippen LogP contribution in [0, 0.1) is 0 Å². The van der Waals surface area contributed by atoms with E-state index in [1.165, 1.54) is 70.3 Å². The maximum atomic E-state index is 12.9. The minimum Gasteiger partial charge on any atom is -0.462 e. The number of esters is 2. The zero-order valence-electron chi connectivity index (χ0n) is 42.7. The summed E-state index contributed by atoms with van der Waals surface area (Å²) in [5.74, 6) is -1.40. The highest BCUT2D eigenvalue weighted by molar-refractivity contribution is 7.61. The molecule has 0 aromatic carbocycles. The van der Waals surface area contributed by atoms with Crippen LogP contribution in [0.3, 0.4) is 0 Å². The zero-order valence-corrected chi connectivity index (χ0v) is 44.5. The van der Waals surface area contributed by atoms with Crippen molar-refractivity contribution in [3.05, 3.63) is 95.7 Å². The number of phosphoric acid groups is 2. The van der Waals surface area contributed by atoms with Crippen LogP contribution in [0.4, 0.5) is 5.82 Å². The van der Waals surface area contributed by atoms with Gasteiger partial charge in [-0.05, 0) is 57.4 Å². The van der Waals surface area contributed by atoms with E-state index in [2.05, 4.69) is 71.8 Å². The van der Waals surface area contributed by atoms with Crippen molar-refractivity contribution in [2.24, 2.45) is 0 Å². The highest BCUT2D eigenvalue weighted by atomic mass is 31.3. The predicted molar refractivity (Wildman–Crippen MR) is 279 cm³/mol. The van der Waals surface area contributed by atoms with Gasteiger partial charge in [0.2, 0.25) is 0 Å². The van der Waals surface area contributed by atoms with Crippen molar-refractivity contribution in [3.8, 4) is 0 Å². The van der Waals surface area contributed by atoms with E-state index in [1.807, 2.05) is 24.3 Å². The Kier molecular flexibility index (Phi) is 35.4. The fourth-order valence-corrected chi connectivity index (χ4v) is 9.45. The van der Waals surface area contributed by atoms with Crippen LogP contribution in [0.2, 0.25) is 0 Å². The van der Waals surface area contributed by atoms with Crippen LogP contribution in [0.25, 0.3) is 0 Å². The Bertz CT molecular complexity index is 1990. The number of hydrogen-bond acceptors (Lipinski definition) is 15. The lowest BCUT2D eigenvalue weighted by molar-refractivity contribution is -0.161. The number of ether oxygens (including phenoxy) is 3. The number of allylic oxidation sites excluding steroid dienone is 12. The predicted octanol–water partition coefficient (Wildman–Crippen LogP) is 10.9. The normalized spacial score (nSPS) is 19.6. The number of carbonyl (C=O) groups excluding carboxylic acids is 2. The van der Waals surface area contributed by atoms with Gasteiger partial charge in [-0.3, -0.25) is 23.2 Å². The van der Waals surface area contributed by atoms with Crippen molar-refractivity contribution >= 4 is 33.4 Å². The van der Waals surface area contributed by atoms with E-state index in [0.717, 1.165) is 68.6 Å². The van der Waals surface area contributed by atoms with E-state index in [0.29, 0.717) is 19.3 Å². The number of anilines is 1. The summed E-state index contributed by atoms with van der Waals surface area (Å²) < 4.78 is 56.7. The number of aliphatic hydroxyl groups excluding tert-OH is 2. The molecule has 1 saturated heterocycles. The molecule has 1 aromatic rings. The van der Waals surface area contributed by atoms with E-state index < -0.39 is 83.7 Å². The van der Waals surface area contributed by atoms with Crippen LogP contribution in [0.5, 0.6) is 0 Å². The van der Waals surface area contributed by atoms with E-state index in [9.17, 15) is 43.5 Å². The van der Waals surface area contributed by atoms with E-state index >= 15 is 0 Å². The number of unbranched alkanes of at least 4 members (excludes halogenated alkanes) is 14. The van der Waals surface area contributed by atoms with Crippen LogP contribution in [-0.2, 0) is 46.3 Å². The van der Waals surface area contributed by atoms with Gasteiger partial charge in [0.05, 0.1) is 13.2 Å². The Labute approximate surface area is 427 Å². The van der Waals surface area contributed by atoms with Crippen LogP contribution in [0.15, 0.2) is 90.0 Å². The van der Waals surface area contributed by atoms with Gasteiger partial charge in [0.15, 0.2) is 12.3 Å². The number of nitrogens with zero attached hydrogens (tertiary/aromatic N) is 2. The zero-order chi connectivity index (χ0) is 52.7. The molecule has 2 heterocycles. The number of hydrogen-bond donors (Lipinski definition) is 5. The third kappa shape index (κ3) is 31.7. The first-order valence-corrected chi connectivity index (χ1v) is 28.9. The van der Waals surface area contributed by atoms with Gasteiger partial charge in [0, 0.05) is 19.0 Å². The number of rotatable bonds is 42. The smallest absolute Gasteiger partial charge is 0.462 e. The monoisotopic (exact) mass is 1050 g/mol. The fourth-order valence-electron chi connectivity index (χ4n) is 7.34. The third-order valence-corrected chi connectivity index (χ3v) is 13.9. The molecule has 18 nitrogen and oxygen atoms in total. The van der Waals surface area contributed by atoms with Gasteiger partial charge in [0.25, 0.3) is 0 Å². The highest BCUT2D eigenvalue weighted by Crippen LogP contribution is 2.60. The van der Waals surface area contributed by atoms with Gasteiger partial charge < -0.3 is 39.9 Å². The quantitative estimate of drug-likeness (QED) is 0.0176. The van der Waals surface area contributed by atoms with Crippen molar-refractivity contribution in [1.29, 1.82) is 0 Å². The van der Waals surface area contributed by atoms with Crippen LogP contribution >= 0.6 is 15.6 Å². The maximum absolute atomic E-state index is 12.9. The van der Waals surface area contributed by atoms with E-state index in [4.69, 9.17) is 29.0 Å². The Morgan fingerprint density at radius 2 is 1.17 bits per heavy atom. The largest absolute Gasteiger partial charge is 0.481 e. The molecule has 1 aliphatic rings. The van der Waals surface area contributed by atoms with Gasteiger partial charge in [-0.2, -0.15) is 9.29 Å². The second-order valence-electron chi connectivity index (χ2n) is 17.6. The van der Waals surface area contributed by atoms with Gasteiger partial charge in [-0.15, -0.1) is 0 Å². The second-order valence-corrected chi connectivity index (χ2v) is 20.7. The summed E-state index contributed by atoms with van der Waals surface area (Å²) in [6, 6.07) is 1.24. The molecule has 408 valence electrons. The number of nitrogens with two attached hydrogens (primary N) is 1. The number of carbonyl (C=O) groups is 2. The second kappa shape index (κ2) is 39.6. The first-order valence-electron chi connectivity index (χ1n) is 25.9. The van der Waals surface area contributed by atoms with Gasteiger partial charge in [-0.1, -0.05) is 177 Å². The molecule has 72 heavy (non-hydrogen) atoms. The van der Waals surface area contributed by atoms with Crippen molar-refractivity contribution < 1.29 is 66.3 Å². The van der Waals surface area contributed by atoms with Gasteiger partial charge in [-0.25, -0.2) is 13.9 Å². The van der Waals surface area contributed by atoms with Crippen molar-refractivity contribution in [2.75, 3.05) is 25.6 Å². The molecular formula is C52H85N3O15P2. The van der Waals surface area contributed by atoms with Gasteiger partial charge in [0.1, 0.15) is 30.7 Å². The molecule has 0 aliphatic carbocycles. The van der Waals surface area contributed by atoms with Gasteiger partial charge >= 0.3 is 33.3 Å². The molecule has 0 radical (unpaired) electrons. The summed E-state index contributed by atoms with van der Waals surface area (Å²) in [4.78, 5) is 61.9. The molecule has 1 aliphatic heterocycles. The molecule has 0 spiro atoms. The average molecular weight is 1050 g/mol. The average Bonchev–Trinajstić information content (AvgIpc) is 3.62. The Morgan fingerprint density at radius 3 is 1.68 bits per heavy atom. The number of nitrogen functional groups attached to an aromatic ring is 1. The number of aliphatic hydroxyl groups is 2. The van der Waals surface area contributed by atoms with E-state index in [1.54, 1.807) is 0 Å². The van der Waals surface area contributed by atoms with Crippen LogP contribution in [-0.4, -0.2) is 85.7 Å². The Hall–Kier alpha value is -3.80. The SMILES string of the molecule is CCC=CCC=CCC=CCC=CCC=CCC=CCCC(=O)OC(COC(=O)CCCCCCCCCCCCCCCCC)COP(=O)(O)OP(=O)(O)OCC1OC(n2ccc(N)nc2=O)C(O)C1O. The molecule has 0 bridgehead atoms. The first kappa shape index (κ1) is 64.3. The highest BCUT2D eigenvalue weighted by Gasteiger charge is 2.46. The molecule has 7 atom stereocenters. The summed E-state index contributed by atoms with van der Waals surface area (Å²) in [5.41, 5.74) is 4.58. The van der Waals surface area contributed by atoms with Crippen molar-refractivity contribution in [2.45, 2.75) is 199 Å². The van der Waals surface area contributed by atoms with Crippen LogP contribution < -0.4 is 11.4 Å². The summed E-state index contributed by atoms with van der Waals surface area (Å²) in [5, 5.41) is 20.9. The molecule has 1 aromatic heterocycles. The molecule has 2 rings (SSSR count). The maximum Gasteiger partial charge on any atom is 0.481 e. The fraction of sp³-hybridized carbons (Fsp3) is 0.654. The Morgan fingerprint density at radius 1 is 0.681 bits per heavy atom. The molecule has 20 heteroatoms. The lowest BCUT2D eigenvalue weighted by atomic mass is 10.0. The number of aromatic nitrogens is 2. The third-order valence-electron chi connectivity index (χ3n) is 11.3. The lowest BCUT2D eigenvalue weighted by Crippen LogP contribution is -2.36. The lowest BCUT2D eigenvalue weighted by Gasteiger charge is -2.21. The number of phosphoric ester groups is 2. The standard InChI is InChI=1S/C52H85N3O15P2/c1-3-5-7-9-11-13-15-17-19-20-21-22-24-26-28-30-32-34-36-38-48(57)68-44(41-65-47(56)37-35-33-31-29-27-25-23-18-16-14-12-10-8-6-4-2)42-66-71(61,62)70-72(63,64)67-43-45-49(58)50(59)51(69-45)55-40-39-46(53)54-52(55)60/h5,7,11,13,17,19,21-22,26,28,32,34,39-40,44-45,49-51,58-59H,3-4,6,8-10,12,14-16,18,20,23-25,27,29-31,33,35-38,41-43H2,1-2H3,(H,61,62)(H,63,64)(H2,53,54,60). The molecule has 7 unspecified atom stereocenters.